The average molecular weight is 310 g/mol. The van der Waals surface area contributed by atoms with Gasteiger partial charge in [0.15, 0.2) is 0 Å². The molecule has 0 atom stereocenters. The zero-order chi connectivity index (χ0) is 16.6. The summed E-state index contributed by atoms with van der Waals surface area (Å²) in [6.07, 6.45) is 1.47. The molecule has 0 aliphatic heterocycles. The van der Waals surface area contributed by atoms with Gasteiger partial charge in [-0.3, -0.25) is 9.59 Å². The Morgan fingerprint density at radius 3 is 2.65 bits per heavy atom. The van der Waals surface area contributed by atoms with Crippen molar-refractivity contribution >= 4 is 22.5 Å². The summed E-state index contributed by atoms with van der Waals surface area (Å²) in [6.45, 7) is 1.86. The SMILES string of the molecule is Cc1ccccc1NC(=O)c1cn(C)c2ccc(F)cc2c1=O. The molecule has 1 amide bonds. The molecule has 2 aromatic carbocycles. The van der Waals surface area contributed by atoms with E-state index in [0.29, 0.717) is 11.2 Å². The molecular weight excluding hydrogens is 295 g/mol. The van der Waals surface area contributed by atoms with Crippen molar-refractivity contribution in [1.82, 2.24) is 4.57 Å². The molecule has 0 fully saturated rings. The Labute approximate surface area is 132 Å². The van der Waals surface area contributed by atoms with Gasteiger partial charge in [0, 0.05) is 24.3 Å². The number of aryl methyl sites for hydroxylation is 2. The lowest BCUT2D eigenvalue weighted by Crippen LogP contribution is -2.23. The van der Waals surface area contributed by atoms with Crippen molar-refractivity contribution in [3.8, 4) is 0 Å². The number of anilines is 1. The van der Waals surface area contributed by atoms with E-state index in [1.54, 1.807) is 23.7 Å². The third-order valence-corrected chi connectivity index (χ3v) is 3.79. The van der Waals surface area contributed by atoms with Crippen LogP contribution >= 0.6 is 0 Å². The number of hydrogen-bond donors (Lipinski definition) is 1. The fourth-order valence-electron chi connectivity index (χ4n) is 2.53. The average Bonchev–Trinajstić information content (AvgIpc) is 2.53. The molecular formula is C18H15FN2O2. The number of carbonyl (C=O) groups is 1. The summed E-state index contributed by atoms with van der Waals surface area (Å²) in [5, 5.41) is 2.91. The molecule has 1 aromatic heterocycles. The van der Waals surface area contributed by atoms with Crippen molar-refractivity contribution in [1.29, 1.82) is 0 Å². The summed E-state index contributed by atoms with van der Waals surface area (Å²) in [7, 11) is 1.71. The lowest BCUT2D eigenvalue weighted by molar-refractivity contribution is 0.102. The highest BCUT2D eigenvalue weighted by Crippen LogP contribution is 2.16. The highest BCUT2D eigenvalue weighted by molar-refractivity contribution is 6.06. The molecule has 23 heavy (non-hydrogen) atoms. The summed E-state index contributed by atoms with van der Waals surface area (Å²) in [5.41, 5.74) is 1.60. The van der Waals surface area contributed by atoms with E-state index in [1.807, 2.05) is 19.1 Å². The number of pyridine rings is 1. The molecule has 0 saturated carbocycles. The summed E-state index contributed by atoms with van der Waals surface area (Å²) in [6, 6.07) is 11.3. The van der Waals surface area contributed by atoms with Crippen LogP contribution in [-0.2, 0) is 7.05 Å². The van der Waals surface area contributed by atoms with Gasteiger partial charge in [0.2, 0.25) is 5.43 Å². The number of carbonyl (C=O) groups excluding carboxylic acids is 1. The van der Waals surface area contributed by atoms with Crippen LogP contribution in [0.2, 0.25) is 0 Å². The normalized spacial score (nSPS) is 10.7. The van der Waals surface area contributed by atoms with E-state index in [-0.39, 0.29) is 10.9 Å². The molecule has 0 spiro atoms. The number of fused-ring (bicyclic) bond motifs is 1. The van der Waals surface area contributed by atoms with Crippen LogP contribution in [-0.4, -0.2) is 10.5 Å². The highest BCUT2D eigenvalue weighted by Gasteiger charge is 2.15. The monoisotopic (exact) mass is 310 g/mol. The van der Waals surface area contributed by atoms with Crippen LogP contribution in [0.15, 0.2) is 53.5 Å². The van der Waals surface area contributed by atoms with E-state index >= 15 is 0 Å². The van der Waals surface area contributed by atoms with Gasteiger partial charge in [0.25, 0.3) is 5.91 Å². The number of amides is 1. The van der Waals surface area contributed by atoms with E-state index in [1.165, 1.54) is 18.3 Å². The van der Waals surface area contributed by atoms with Crippen LogP contribution in [0.3, 0.4) is 0 Å². The van der Waals surface area contributed by atoms with E-state index in [0.717, 1.165) is 11.6 Å². The number of benzene rings is 2. The minimum Gasteiger partial charge on any atom is -0.350 e. The van der Waals surface area contributed by atoms with Crippen molar-refractivity contribution in [2.45, 2.75) is 6.92 Å². The number of nitrogens with zero attached hydrogens (tertiary/aromatic N) is 1. The topological polar surface area (TPSA) is 51.1 Å². The van der Waals surface area contributed by atoms with Crippen molar-refractivity contribution in [3.05, 3.63) is 75.8 Å². The lowest BCUT2D eigenvalue weighted by Gasteiger charge is -2.11. The lowest BCUT2D eigenvalue weighted by atomic mass is 10.1. The van der Waals surface area contributed by atoms with Crippen LogP contribution in [0.4, 0.5) is 10.1 Å². The Balaban J connectivity index is 2.09. The van der Waals surface area contributed by atoms with Crippen LogP contribution in [0.1, 0.15) is 15.9 Å². The Bertz CT molecular complexity index is 976. The molecule has 0 saturated heterocycles. The third kappa shape index (κ3) is 2.73. The first kappa shape index (κ1) is 15.0. The zero-order valence-corrected chi connectivity index (χ0v) is 12.8. The smallest absolute Gasteiger partial charge is 0.261 e. The largest absolute Gasteiger partial charge is 0.350 e. The minimum absolute atomic E-state index is 0.0196. The number of aromatic nitrogens is 1. The van der Waals surface area contributed by atoms with Gasteiger partial charge in [0.1, 0.15) is 11.4 Å². The molecule has 3 rings (SSSR count). The maximum Gasteiger partial charge on any atom is 0.261 e. The third-order valence-electron chi connectivity index (χ3n) is 3.79. The van der Waals surface area contributed by atoms with E-state index in [2.05, 4.69) is 5.32 Å². The van der Waals surface area contributed by atoms with Gasteiger partial charge >= 0.3 is 0 Å². The number of para-hydroxylation sites is 1. The van der Waals surface area contributed by atoms with Crippen LogP contribution < -0.4 is 10.7 Å². The summed E-state index contributed by atoms with van der Waals surface area (Å²) >= 11 is 0. The Kier molecular flexibility index (Phi) is 3.70. The maximum absolute atomic E-state index is 13.4. The first-order valence-electron chi connectivity index (χ1n) is 7.13. The molecule has 5 heteroatoms. The number of halogens is 1. The summed E-state index contributed by atoms with van der Waals surface area (Å²) in [5.74, 6) is -1.02. The molecule has 1 heterocycles. The molecule has 0 bridgehead atoms. The number of hydrogen-bond acceptors (Lipinski definition) is 2. The van der Waals surface area contributed by atoms with Crippen LogP contribution in [0.5, 0.6) is 0 Å². The Morgan fingerprint density at radius 1 is 1.17 bits per heavy atom. The van der Waals surface area contributed by atoms with Crippen molar-refractivity contribution in [2.75, 3.05) is 5.32 Å². The van der Waals surface area contributed by atoms with E-state index in [9.17, 15) is 14.0 Å². The minimum atomic E-state index is -0.508. The fraction of sp³-hybridized carbons (Fsp3) is 0.111. The van der Waals surface area contributed by atoms with Crippen LogP contribution in [0, 0.1) is 12.7 Å². The first-order valence-corrected chi connectivity index (χ1v) is 7.13. The molecule has 3 aromatic rings. The quantitative estimate of drug-likeness (QED) is 0.790. The predicted octanol–water partition coefficient (Wildman–Crippen LogP) is 3.24. The first-order chi connectivity index (χ1) is 11.0. The Hall–Kier alpha value is -2.95. The number of nitrogens with one attached hydrogen (secondary N) is 1. The second-order valence-electron chi connectivity index (χ2n) is 5.41. The standard InChI is InChI=1S/C18H15FN2O2/c1-11-5-3-4-6-15(11)20-18(23)14-10-21(2)16-8-7-12(19)9-13(16)17(14)22/h3-10H,1-2H3,(H,20,23). The summed E-state index contributed by atoms with van der Waals surface area (Å²) < 4.78 is 15.1. The van der Waals surface area contributed by atoms with Gasteiger partial charge in [-0.25, -0.2) is 4.39 Å². The zero-order valence-electron chi connectivity index (χ0n) is 12.8. The van der Waals surface area contributed by atoms with Gasteiger partial charge in [-0.15, -0.1) is 0 Å². The van der Waals surface area contributed by atoms with Gasteiger partial charge in [-0.05, 0) is 36.8 Å². The number of rotatable bonds is 2. The molecule has 0 aliphatic rings. The predicted molar refractivity (Wildman–Crippen MR) is 88.3 cm³/mol. The molecule has 0 unspecified atom stereocenters. The van der Waals surface area contributed by atoms with Gasteiger partial charge < -0.3 is 9.88 Å². The second-order valence-corrected chi connectivity index (χ2v) is 5.41. The molecule has 1 N–H and O–H groups in total. The van der Waals surface area contributed by atoms with Crippen molar-refractivity contribution in [2.24, 2.45) is 7.05 Å². The molecule has 0 radical (unpaired) electrons. The van der Waals surface area contributed by atoms with Gasteiger partial charge in [-0.1, -0.05) is 18.2 Å². The summed E-state index contributed by atoms with van der Waals surface area (Å²) in [4.78, 5) is 25.0. The highest BCUT2D eigenvalue weighted by atomic mass is 19.1. The maximum atomic E-state index is 13.4. The van der Waals surface area contributed by atoms with Gasteiger partial charge in [0.05, 0.1) is 5.52 Å². The molecule has 116 valence electrons. The van der Waals surface area contributed by atoms with Gasteiger partial charge in [-0.2, -0.15) is 0 Å². The Morgan fingerprint density at radius 2 is 1.91 bits per heavy atom. The fourth-order valence-corrected chi connectivity index (χ4v) is 2.53. The molecule has 4 nitrogen and oxygen atoms in total. The van der Waals surface area contributed by atoms with E-state index in [4.69, 9.17) is 0 Å². The molecule has 0 aliphatic carbocycles. The van der Waals surface area contributed by atoms with Crippen LogP contribution in [0.25, 0.3) is 10.9 Å². The van der Waals surface area contributed by atoms with Crippen molar-refractivity contribution in [3.63, 3.8) is 0 Å². The van der Waals surface area contributed by atoms with Crippen molar-refractivity contribution < 1.29 is 9.18 Å². The van der Waals surface area contributed by atoms with E-state index < -0.39 is 17.2 Å². The second kappa shape index (κ2) is 5.68.